The largest absolute Gasteiger partial charge is 0.326 e. The summed E-state index contributed by atoms with van der Waals surface area (Å²) in [7, 11) is 0. The van der Waals surface area contributed by atoms with Crippen molar-refractivity contribution in [3.05, 3.63) is 30.5 Å². The highest BCUT2D eigenvalue weighted by Crippen LogP contribution is 2.30. The Morgan fingerprint density at radius 2 is 2.17 bits per heavy atom. The molecule has 1 aromatic carbocycles. The van der Waals surface area contributed by atoms with Crippen molar-refractivity contribution in [2.75, 3.05) is 11.1 Å². The van der Waals surface area contributed by atoms with E-state index in [1.807, 2.05) is 18.2 Å². The number of hydrogen-bond acceptors (Lipinski definition) is 3. The smallest absolute Gasteiger partial charge is 0.224 e. The predicted octanol–water partition coefficient (Wildman–Crippen LogP) is 4.56. The third-order valence-corrected chi connectivity index (χ3v) is 5.91. The first kappa shape index (κ1) is 15.8. The van der Waals surface area contributed by atoms with Gasteiger partial charge in [-0.25, -0.2) is 4.98 Å². The second-order valence-corrected chi connectivity index (χ2v) is 7.85. The maximum absolute atomic E-state index is 12.3. The van der Waals surface area contributed by atoms with Gasteiger partial charge in [-0.3, -0.25) is 4.79 Å². The summed E-state index contributed by atoms with van der Waals surface area (Å²) in [6.07, 6.45) is 9.04. The van der Waals surface area contributed by atoms with Gasteiger partial charge in [0.25, 0.3) is 0 Å². The molecule has 1 amide bonds. The standard InChI is InChI=1S/C19H23N3OS/c23-18(11-14-5-2-1-3-6-14)20-16-8-4-7-15(12-16)17-13-22-9-10-24-19(22)21-17/h4,7-8,12-14H,1-3,5-6,9-11H2,(H,20,23). The van der Waals surface area contributed by atoms with E-state index >= 15 is 0 Å². The molecule has 1 fully saturated rings. The van der Waals surface area contributed by atoms with E-state index in [0.29, 0.717) is 12.3 Å². The Morgan fingerprint density at radius 1 is 1.29 bits per heavy atom. The molecular weight excluding hydrogens is 318 g/mol. The van der Waals surface area contributed by atoms with Gasteiger partial charge < -0.3 is 9.88 Å². The molecule has 0 saturated heterocycles. The number of nitrogens with zero attached hydrogens (tertiary/aromatic N) is 2. The van der Waals surface area contributed by atoms with Gasteiger partial charge in [-0.15, -0.1) is 0 Å². The molecule has 0 unspecified atom stereocenters. The lowest BCUT2D eigenvalue weighted by molar-refractivity contribution is -0.117. The highest BCUT2D eigenvalue weighted by Gasteiger charge is 2.18. The molecular formula is C19H23N3OS. The first-order chi connectivity index (χ1) is 11.8. The van der Waals surface area contributed by atoms with Crippen LogP contribution in [-0.4, -0.2) is 21.2 Å². The van der Waals surface area contributed by atoms with Crippen LogP contribution in [0.4, 0.5) is 5.69 Å². The van der Waals surface area contributed by atoms with Gasteiger partial charge in [-0.2, -0.15) is 0 Å². The molecule has 0 bridgehead atoms. The minimum atomic E-state index is 0.141. The van der Waals surface area contributed by atoms with Crippen molar-refractivity contribution in [2.24, 2.45) is 5.92 Å². The number of benzene rings is 1. The summed E-state index contributed by atoms with van der Waals surface area (Å²) in [6.45, 7) is 1.03. The van der Waals surface area contributed by atoms with Crippen molar-refractivity contribution < 1.29 is 4.79 Å². The molecule has 1 saturated carbocycles. The van der Waals surface area contributed by atoms with Crippen molar-refractivity contribution in [3.63, 3.8) is 0 Å². The van der Waals surface area contributed by atoms with Crippen LogP contribution in [-0.2, 0) is 11.3 Å². The molecule has 4 rings (SSSR count). The topological polar surface area (TPSA) is 46.9 Å². The first-order valence-electron chi connectivity index (χ1n) is 8.88. The molecule has 2 heterocycles. The molecule has 0 radical (unpaired) electrons. The van der Waals surface area contributed by atoms with Gasteiger partial charge in [0.15, 0.2) is 5.16 Å². The normalized spacial score (nSPS) is 17.7. The zero-order valence-corrected chi connectivity index (χ0v) is 14.6. The highest BCUT2D eigenvalue weighted by atomic mass is 32.2. The van der Waals surface area contributed by atoms with Crippen molar-refractivity contribution in [3.8, 4) is 11.3 Å². The Labute approximate surface area is 147 Å². The number of anilines is 1. The van der Waals surface area contributed by atoms with Crippen LogP contribution < -0.4 is 5.32 Å². The van der Waals surface area contributed by atoms with Gasteiger partial charge in [0.05, 0.1) is 5.69 Å². The number of carbonyl (C=O) groups excluding carboxylic acids is 1. The van der Waals surface area contributed by atoms with Crippen LogP contribution in [0.2, 0.25) is 0 Å². The minimum Gasteiger partial charge on any atom is -0.326 e. The third kappa shape index (κ3) is 3.51. The van der Waals surface area contributed by atoms with E-state index in [1.54, 1.807) is 11.8 Å². The predicted molar refractivity (Wildman–Crippen MR) is 98.2 cm³/mol. The lowest BCUT2D eigenvalue weighted by Crippen LogP contribution is -2.18. The summed E-state index contributed by atoms with van der Waals surface area (Å²) >= 11 is 1.80. The average molecular weight is 341 g/mol. The lowest BCUT2D eigenvalue weighted by Gasteiger charge is -2.20. The number of nitrogens with one attached hydrogen (secondary N) is 1. The average Bonchev–Trinajstić information content (AvgIpc) is 3.17. The first-order valence-corrected chi connectivity index (χ1v) is 9.87. The lowest BCUT2D eigenvalue weighted by atomic mass is 9.87. The SMILES string of the molecule is O=C(CC1CCCCC1)Nc1cccc(-c2cn3c(n2)SCC3)c1. The maximum atomic E-state index is 12.3. The second-order valence-electron chi connectivity index (χ2n) is 6.79. The summed E-state index contributed by atoms with van der Waals surface area (Å²) in [5.41, 5.74) is 2.92. The molecule has 4 nitrogen and oxygen atoms in total. The summed E-state index contributed by atoms with van der Waals surface area (Å²) in [5, 5.41) is 4.16. The molecule has 1 aliphatic carbocycles. The van der Waals surface area contributed by atoms with Crippen LogP contribution in [0.1, 0.15) is 38.5 Å². The molecule has 2 aliphatic rings. The van der Waals surface area contributed by atoms with E-state index in [1.165, 1.54) is 32.1 Å². The monoisotopic (exact) mass is 341 g/mol. The maximum Gasteiger partial charge on any atom is 0.224 e. The van der Waals surface area contributed by atoms with Gasteiger partial charge >= 0.3 is 0 Å². The van der Waals surface area contributed by atoms with Crippen LogP contribution in [0.25, 0.3) is 11.3 Å². The minimum absolute atomic E-state index is 0.141. The molecule has 1 N–H and O–H groups in total. The number of imidazole rings is 1. The van der Waals surface area contributed by atoms with E-state index < -0.39 is 0 Å². The highest BCUT2D eigenvalue weighted by molar-refractivity contribution is 7.99. The molecule has 1 aromatic heterocycles. The van der Waals surface area contributed by atoms with E-state index in [2.05, 4.69) is 27.1 Å². The van der Waals surface area contributed by atoms with Crippen LogP contribution in [0.5, 0.6) is 0 Å². The van der Waals surface area contributed by atoms with Crippen LogP contribution >= 0.6 is 11.8 Å². The number of fused-ring (bicyclic) bond motifs is 1. The van der Waals surface area contributed by atoms with Gasteiger partial charge in [-0.05, 0) is 30.9 Å². The quantitative estimate of drug-likeness (QED) is 0.886. The van der Waals surface area contributed by atoms with Crippen molar-refractivity contribution in [2.45, 2.75) is 50.2 Å². The fraction of sp³-hybridized carbons (Fsp3) is 0.474. The number of hydrogen-bond donors (Lipinski definition) is 1. The van der Waals surface area contributed by atoms with Gasteiger partial charge in [0.2, 0.25) is 5.91 Å². The van der Waals surface area contributed by atoms with Gasteiger partial charge in [-0.1, -0.05) is 43.2 Å². The number of carbonyl (C=O) groups is 1. The summed E-state index contributed by atoms with van der Waals surface area (Å²) in [4.78, 5) is 17.0. The Morgan fingerprint density at radius 3 is 3.00 bits per heavy atom. The number of rotatable bonds is 4. The molecule has 2 aromatic rings. The van der Waals surface area contributed by atoms with Crippen LogP contribution in [0, 0.1) is 5.92 Å². The Kier molecular flexibility index (Phi) is 4.60. The number of aryl methyl sites for hydroxylation is 1. The number of thioether (sulfide) groups is 1. The fourth-order valence-electron chi connectivity index (χ4n) is 3.67. The Hall–Kier alpha value is -1.75. The zero-order chi connectivity index (χ0) is 16.4. The van der Waals surface area contributed by atoms with Crippen molar-refractivity contribution in [1.29, 1.82) is 0 Å². The van der Waals surface area contributed by atoms with Crippen LogP contribution in [0.3, 0.4) is 0 Å². The van der Waals surface area contributed by atoms with Crippen LogP contribution in [0.15, 0.2) is 35.6 Å². The number of amides is 1. The Bertz CT molecular complexity index is 712. The van der Waals surface area contributed by atoms with Crippen molar-refractivity contribution in [1.82, 2.24) is 9.55 Å². The van der Waals surface area contributed by atoms with E-state index in [4.69, 9.17) is 0 Å². The Balaban J connectivity index is 1.43. The third-order valence-electron chi connectivity index (χ3n) is 4.94. The summed E-state index contributed by atoms with van der Waals surface area (Å²) in [5.74, 6) is 1.82. The van der Waals surface area contributed by atoms with E-state index in [0.717, 1.165) is 34.4 Å². The molecule has 0 spiro atoms. The molecule has 126 valence electrons. The second kappa shape index (κ2) is 7.01. The molecule has 5 heteroatoms. The van der Waals surface area contributed by atoms with Gasteiger partial charge in [0.1, 0.15) is 0 Å². The zero-order valence-electron chi connectivity index (χ0n) is 13.8. The fourth-order valence-corrected chi connectivity index (χ4v) is 4.61. The van der Waals surface area contributed by atoms with E-state index in [-0.39, 0.29) is 5.91 Å². The summed E-state index contributed by atoms with van der Waals surface area (Å²) in [6, 6.07) is 8.03. The molecule has 1 aliphatic heterocycles. The number of aromatic nitrogens is 2. The summed E-state index contributed by atoms with van der Waals surface area (Å²) < 4.78 is 2.20. The van der Waals surface area contributed by atoms with E-state index in [9.17, 15) is 4.79 Å². The van der Waals surface area contributed by atoms with Gasteiger partial charge in [0, 0.05) is 36.2 Å². The molecule has 0 atom stereocenters. The molecule has 24 heavy (non-hydrogen) atoms. The van der Waals surface area contributed by atoms with Crippen molar-refractivity contribution >= 4 is 23.4 Å².